The average molecular weight is 355 g/mol. The van der Waals surface area contributed by atoms with Gasteiger partial charge in [-0.05, 0) is 31.6 Å². The van der Waals surface area contributed by atoms with Crippen LogP contribution in [0.15, 0.2) is 29.6 Å². The van der Waals surface area contributed by atoms with Crippen molar-refractivity contribution in [2.45, 2.75) is 46.1 Å². The van der Waals surface area contributed by atoms with E-state index >= 15 is 0 Å². The van der Waals surface area contributed by atoms with E-state index in [1.807, 2.05) is 25.7 Å². The normalized spacial score (nSPS) is 15.5. The zero-order valence-electron chi connectivity index (χ0n) is 15.6. The minimum absolute atomic E-state index is 0.00265. The van der Waals surface area contributed by atoms with E-state index in [2.05, 4.69) is 15.0 Å². The highest BCUT2D eigenvalue weighted by Crippen LogP contribution is 2.20. The summed E-state index contributed by atoms with van der Waals surface area (Å²) in [5.74, 6) is 0.542. The molecule has 1 aliphatic heterocycles. The molecule has 3 heterocycles. The molecule has 2 aromatic heterocycles. The van der Waals surface area contributed by atoms with Crippen molar-refractivity contribution in [2.24, 2.45) is 5.92 Å². The Balaban J connectivity index is 1.58. The second-order valence-electron chi connectivity index (χ2n) is 7.24. The molecule has 0 N–H and O–H groups in total. The molecule has 0 radical (unpaired) electrons. The minimum atomic E-state index is -0.0731. The molecule has 0 saturated carbocycles. The maximum absolute atomic E-state index is 12.5. The van der Waals surface area contributed by atoms with E-state index in [0.717, 1.165) is 24.2 Å². The number of hydrogen-bond donors (Lipinski definition) is 0. The number of carbonyl (C=O) groups excluding carboxylic acids is 1. The fourth-order valence-electron chi connectivity index (χ4n) is 3.15. The number of aryl methyl sites for hydroxylation is 1. The Bertz CT molecular complexity index is 821. The Labute approximate surface area is 153 Å². The summed E-state index contributed by atoms with van der Waals surface area (Å²) in [6.07, 6.45) is 6.52. The summed E-state index contributed by atoms with van der Waals surface area (Å²) in [4.78, 5) is 39.2. The van der Waals surface area contributed by atoms with Gasteiger partial charge in [-0.2, -0.15) is 0 Å². The zero-order valence-corrected chi connectivity index (χ0v) is 15.6. The lowest BCUT2D eigenvalue weighted by atomic mass is 9.96. The molecule has 7 nitrogen and oxygen atoms in total. The first-order valence-corrected chi connectivity index (χ1v) is 9.08. The van der Waals surface area contributed by atoms with Crippen molar-refractivity contribution in [2.75, 3.05) is 13.1 Å². The molecule has 0 unspecified atom stereocenters. The van der Waals surface area contributed by atoms with Gasteiger partial charge in [-0.3, -0.25) is 19.1 Å². The third-order valence-electron chi connectivity index (χ3n) is 4.85. The van der Waals surface area contributed by atoms with E-state index in [9.17, 15) is 9.59 Å². The highest BCUT2D eigenvalue weighted by molar-refractivity contribution is 5.92. The van der Waals surface area contributed by atoms with Crippen molar-refractivity contribution in [3.05, 3.63) is 52.2 Å². The van der Waals surface area contributed by atoms with Crippen LogP contribution in [0.5, 0.6) is 0 Å². The molecule has 0 bridgehead atoms. The maximum atomic E-state index is 12.5. The van der Waals surface area contributed by atoms with Crippen molar-refractivity contribution in [3.63, 3.8) is 0 Å². The molecule has 0 aromatic carbocycles. The molecule has 0 spiro atoms. The van der Waals surface area contributed by atoms with Gasteiger partial charge >= 0.3 is 0 Å². The second-order valence-corrected chi connectivity index (χ2v) is 7.24. The van der Waals surface area contributed by atoms with Crippen molar-refractivity contribution >= 4 is 5.91 Å². The molecule has 1 saturated heterocycles. The summed E-state index contributed by atoms with van der Waals surface area (Å²) >= 11 is 0. The summed E-state index contributed by atoms with van der Waals surface area (Å²) in [7, 11) is 0. The van der Waals surface area contributed by atoms with Crippen LogP contribution in [0.2, 0.25) is 0 Å². The summed E-state index contributed by atoms with van der Waals surface area (Å²) in [6, 6.07) is 1.62. The molecule has 2 aromatic rings. The van der Waals surface area contributed by atoms with Gasteiger partial charge in [0, 0.05) is 31.9 Å². The molecule has 26 heavy (non-hydrogen) atoms. The van der Waals surface area contributed by atoms with Gasteiger partial charge in [0.05, 0.1) is 23.9 Å². The number of nitrogens with zero attached hydrogens (tertiary/aromatic N) is 5. The summed E-state index contributed by atoms with van der Waals surface area (Å²) in [6.45, 7) is 7.89. The van der Waals surface area contributed by atoms with Crippen LogP contribution in [-0.4, -0.2) is 43.4 Å². The van der Waals surface area contributed by atoms with E-state index < -0.39 is 0 Å². The fraction of sp³-hybridized carbons (Fsp3) is 0.526. The summed E-state index contributed by atoms with van der Waals surface area (Å²) < 4.78 is 1.68. The Morgan fingerprint density at radius 2 is 1.92 bits per heavy atom. The number of rotatable bonds is 4. The lowest BCUT2D eigenvalue weighted by molar-refractivity contribution is 0.0675. The molecule has 7 heteroatoms. The molecule has 1 aliphatic rings. The molecule has 1 amide bonds. The Morgan fingerprint density at radius 3 is 2.50 bits per heavy atom. The Kier molecular flexibility index (Phi) is 5.44. The Morgan fingerprint density at radius 1 is 1.19 bits per heavy atom. The molecule has 138 valence electrons. The van der Waals surface area contributed by atoms with Crippen LogP contribution >= 0.6 is 0 Å². The average Bonchev–Trinajstić information content (AvgIpc) is 2.64. The summed E-state index contributed by atoms with van der Waals surface area (Å²) in [5, 5.41) is 0. The number of likely N-dealkylation sites (tertiary alicyclic amines) is 1. The molecular weight excluding hydrogens is 330 g/mol. The molecular formula is C19H25N5O2. The monoisotopic (exact) mass is 355 g/mol. The van der Waals surface area contributed by atoms with Crippen molar-refractivity contribution in [3.8, 4) is 0 Å². The minimum Gasteiger partial charge on any atom is -0.337 e. The fourth-order valence-corrected chi connectivity index (χ4v) is 3.15. The van der Waals surface area contributed by atoms with E-state index in [1.165, 1.54) is 6.20 Å². The number of carbonyl (C=O) groups is 1. The van der Waals surface area contributed by atoms with E-state index in [4.69, 9.17) is 0 Å². The Hall–Kier alpha value is -2.57. The van der Waals surface area contributed by atoms with Gasteiger partial charge in [0.15, 0.2) is 0 Å². The maximum Gasteiger partial charge on any atom is 0.274 e. The highest BCUT2D eigenvalue weighted by Gasteiger charge is 2.25. The van der Waals surface area contributed by atoms with E-state index in [0.29, 0.717) is 31.2 Å². The first kappa shape index (κ1) is 18.2. The van der Waals surface area contributed by atoms with Gasteiger partial charge in [-0.15, -0.1) is 0 Å². The van der Waals surface area contributed by atoms with Gasteiger partial charge in [0.2, 0.25) is 0 Å². The molecule has 0 atom stereocenters. The van der Waals surface area contributed by atoms with Crippen LogP contribution in [-0.2, 0) is 6.54 Å². The predicted molar refractivity (Wildman–Crippen MR) is 98.0 cm³/mol. The largest absolute Gasteiger partial charge is 0.337 e. The van der Waals surface area contributed by atoms with Gasteiger partial charge in [-0.25, -0.2) is 9.97 Å². The van der Waals surface area contributed by atoms with Crippen LogP contribution in [0, 0.1) is 12.8 Å². The predicted octanol–water partition coefficient (Wildman–Crippen LogP) is 2.02. The smallest absolute Gasteiger partial charge is 0.274 e. The van der Waals surface area contributed by atoms with Crippen LogP contribution in [0.25, 0.3) is 0 Å². The first-order valence-electron chi connectivity index (χ1n) is 9.08. The third-order valence-corrected chi connectivity index (χ3v) is 4.85. The van der Waals surface area contributed by atoms with E-state index in [-0.39, 0.29) is 17.4 Å². The van der Waals surface area contributed by atoms with Gasteiger partial charge < -0.3 is 4.90 Å². The van der Waals surface area contributed by atoms with Gasteiger partial charge in [0.25, 0.3) is 11.5 Å². The van der Waals surface area contributed by atoms with E-state index in [1.54, 1.807) is 23.2 Å². The van der Waals surface area contributed by atoms with Crippen molar-refractivity contribution in [1.29, 1.82) is 0 Å². The highest BCUT2D eigenvalue weighted by atomic mass is 16.2. The van der Waals surface area contributed by atoms with Gasteiger partial charge in [0.1, 0.15) is 5.69 Å². The molecule has 1 fully saturated rings. The first-order chi connectivity index (χ1) is 12.4. The second kappa shape index (κ2) is 7.76. The lowest BCUT2D eigenvalue weighted by Gasteiger charge is -2.32. The third kappa shape index (κ3) is 4.15. The quantitative estimate of drug-likeness (QED) is 0.838. The van der Waals surface area contributed by atoms with Crippen LogP contribution in [0.1, 0.15) is 54.5 Å². The summed E-state index contributed by atoms with van der Waals surface area (Å²) in [5.41, 5.74) is 2.00. The van der Waals surface area contributed by atoms with Crippen LogP contribution in [0.4, 0.5) is 0 Å². The zero-order chi connectivity index (χ0) is 18.7. The van der Waals surface area contributed by atoms with Crippen LogP contribution in [0.3, 0.4) is 0 Å². The lowest BCUT2D eigenvalue weighted by Crippen LogP contribution is -2.40. The molecule has 0 aliphatic carbocycles. The number of hydrogen-bond acceptors (Lipinski definition) is 5. The SMILES string of the molecule is Cc1cnc(C(=O)N2CCC(Cn3cnc(C(C)C)cc3=O)CC2)cn1. The number of aromatic nitrogens is 4. The molecule has 3 rings (SSSR count). The van der Waals surface area contributed by atoms with Crippen LogP contribution < -0.4 is 5.56 Å². The van der Waals surface area contributed by atoms with Crippen molar-refractivity contribution < 1.29 is 4.79 Å². The topological polar surface area (TPSA) is 81.0 Å². The number of amides is 1. The van der Waals surface area contributed by atoms with Crippen molar-refractivity contribution in [1.82, 2.24) is 24.4 Å². The van der Waals surface area contributed by atoms with Gasteiger partial charge in [-0.1, -0.05) is 13.8 Å². The standard InChI is InChI=1S/C19H25N5O2/c1-13(2)16-8-18(25)24(12-22-16)11-15-4-6-23(7-5-15)19(26)17-10-20-14(3)9-21-17/h8-10,12-13,15H,4-7,11H2,1-3H3. The number of piperidine rings is 1.